The molecular weight excluding hydrogens is 208 g/mol. The Morgan fingerprint density at radius 1 is 1.50 bits per heavy atom. The molecule has 0 aromatic rings. The van der Waals surface area contributed by atoms with Gasteiger partial charge in [0.2, 0.25) is 0 Å². The number of ether oxygens (including phenoxy) is 1. The molecule has 92 valence electrons. The third kappa shape index (κ3) is 7.99. The van der Waals surface area contributed by atoms with Crippen LogP contribution in [-0.2, 0) is 9.53 Å². The van der Waals surface area contributed by atoms with Gasteiger partial charge in [-0.2, -0.15) is 0 Å². The van der Waals surface area contributed by atoms with Crippen LogP contribution in [0.2, 0.25) is 0 Å². The highest BCUT2D eigenvalue weighted by Crippen LogP contribution is 1.99. The zero-order valence-corrected chi connectivity index (χ0v) is 9.70. The van der Waals surface area contributed by atoms with E-state index in [4.69, 9.17) is 10.5 Å². The minimum Gasteiger partial charge on any atom is -0.445 e. The Bertz CT molecular complexity index is 241. The number of carbonyl (C=O) groups excluding carboxylic acids is 2. The Hall–Kier alpha value is -1.36. The molecule has 5 nitrogen and oxygen atoms in total. The second kappa shape index (κ2) is 8.91. The molecule has 0 aliphatic carbocycles. The number of nitrogens with one attached hydrogen (secondary N) is 1. The Balaban J connectivity index is 3.36. The van der Waals surface area contributed by atoms with Gasteiger partial charge in [0, 0.05) is 6.54 Å². The lowest BCUT2D eigenvalue weighted by molar-refractivity contribution is -0.118. The number of unbranched alkanes of at least 4 members (excludes halogenated alkanes) is 1. The number of nitrogens with two attached hydrogens (primary N) is 1. The van der Waals surface area contributed by atoms with Crippen molar-refractivity contribution in [3.05, 3.63) is 12.7 Å². The summed E-state index contributed by atoms with van der Waals surface area (Å²) in [6.07, 6.45) is 3.30. The molecule has 0 fully saturated rings. The summed E-state index contributed by atoms with van der Waals surface area (Å²) in [6.45, 7) is 5.65. The van der Waals surface area contributed by atoms with Gasteiger partial charge in [-0.3, -0.25) is 4.79 Å². The fourth-order valence-corrected chi connectivity index (χ4v) is 1.07. The number of amides is 1. The van der Waals surface area contributed by atoms with E-state index in [1.54, 1.807) is 0 Å². The topological polar surface area (TPSA) is 81.4 Å². The standard InChI is InChI=1S/C11H20N2O3/c1-3-8-16-11(15)13-7-5-4-6-10(12)9(2)14/h3,10H,1,4-8,12H2,2H3,(H,13,15)/t10-/m0/s1. The highest BCUT2D eigenvalue weighted by Gasteiger charge is 2.07. The predicted molar refractivity (Wildman–Crippen MR) is 62.1 cm³/mol. The van der Waals surface area contributed by atoms with Gasteiger partial charge >= 0.3 is 6.09 Å². The maximum absolute atomic E-state index is 10.9. The van der Waals surface area contributed by atoms with E-state index >= 15 is 0 Å². The summed E-state index contributed by atoms with van der Waals surface area (Å²) in [4.78, 5) is 21.8. The number of carbonyl (C=O) groups is 2. The molecule has 0 rings (SSSR count). The van der Waals surface area contributed by atoms with Gasteiger partial charge in [-0.1, -0.05) is 12.7 Å². The molecule has 3 N–H and O–H groups in total. The summed E-state index contributed by atoms with van der Waals surface area (Å²) in [5.41, 5.74) is 5.55. The largest absolute Gasteiger partial charge is 0.445 e. The maximum atomic E-state index is 10.9. The van der Waals surface area contributed by atoms with Crippen LogP contribution in [-0.4, -0.2) is 31.1 Å². The lowest BCUT2D eigenvalue weighted by Gasteiger charge is -2.08. The van der Waals surface area contributed by atoms with Crippen molar-refractivity contribution in [1.29, 1.82) is 0 Å². The van der Waals surface area contributed by atoms with E-state index in [1.165, 1.54) is 13.0 Å². The quantitative estimate of drug-likeness (QED) is 0.479. The molecular formula is C11H20N2O3. The van der Waals surface area contributed by atoms with Crippen LogP contribution in [0.4, 0.5) is 4.79 Å². The van der Waals surface area contributed by atoms with E-state index < -0.39 is 6.09 Å². The third-order valence-electron chi connectivity index (χ3n) is 2.07. The van der Waals surface area contributed by atoms with Crippen molar-refractivity contribution in [2.75, 3.05) is 13.2 Å². The maximum Gasteiger partial charge on any atom is 0.407 e. The van der Waals surface area contributed by atoms with Gasteiger partial charge in [-0.25, -0.2) is 4.79 Å². The van der Waals surface area contributed by atoms with Gasteiger partial charge in [0.25, 0.3) is 0 Å². The van der Waals surface area contributed by atoms with Gasteiger partial charge in [0.15, 0.2) is 0 Å². The third-order valence-corrected chi connectivity index (χ3v) is 2.07. The predicted octanol–water partition coefficient (Wildman–Crippen LogP) is 0.985. The first-order valence-electron chi connectivity index (χ1n) is 5.35. The second-order valence-corrected chi connectivity index (χ2v) is 3.53. The van der Waals surface area contributed by atoms with Crippen molar-refractivity contribution in [3.63, 3.8) is 0 Å². The van der Waals surface area contributed by atoms with Gasteiger partial charge in [-0.15, -0.1) is 0 Å². The van der Waals surface area contributed by atoms with Crippen LogP contribution in [0.15, 0.2) is 12.7 Å². The molecule has 0 saturated carbocycles. The summed E-state index contributed by atoms with van der Waals surface area (Å²) >= 11 is 0. The Labute approximate surface area is 96.0 Å². The van der Waals surface area contributed by atoms with E-state index in [9.17, 15) is 9.59 Å². The molecule has 0 aromatic heterocycles. The van der Waals surface area contributed by atoms with Gasteiger partial charge in [0.1, 0.15) is 12.4 Å². The summed E-state index contributed by atoms with van der Waals surface area (Å²) in [6, 6.07) is -0.382. The molecule has 0 aliphatic rings. The number of hydrogen-bond donors (Lipinski definition) is 2. The van der Waals surface area contributed by atoms with Crippen LogP contribution >= 0.6 is 0 Å². The summed E-state index contributed by atoms with van der Waals surface area (Å²) in [5.74, 6) is -0.00153. The Morgan fingerprint density at radius 2 is 2.19 bits per heavy atom. The smallest absolute Gasteiger partial charge is 0.407 e. The fourth-order valence-electron chi connectivity index (χ4n) is 1.07. The molecule has 0 heterocycles. The Morgan fingerprint density at radius 3 is 2.75 bits per heavy atom. The average Bonchev–Trinajstić information content (AvgIpc) is 2.25. The Kier molecular flexibility index (Phi) is 8.15. The number of hydrogen-bond acceptors (Lipinski definition) is 4. The van der Waals surface area contributed by atoms with Gasteiger partial charge < -0.3 is 15.8 Å². The minimum atomic E-state index is -0.448. The normalized spacial score (nSPS) is 11.6. The SMILES string of the molecule is C=CCOC(=O)NCCCC[C@H](N)C(C)=O. The van der Waals surface area contributed by atoms with Gasteiger partial charge in [-0.05, 0) is 26.2 Å². The summed E-state index contributed by atoms with van der Waals surface area (Å²) in [7, 11) is 0. The molecule has 1 atom stereocenters. The molecule has 0 saturated heterocycles. The van der Waals surface area contributed by atoms with Crippen LogP contribution in [0, 0.1) is 0 Å². The first-order chi connectivity index (χ1) is 7.57. The molecule has 0 unspecified atom stereocenters. The first kappa shape index (κ1) is 14.6. The number of ketones is 1. The van der Waals surface area contributed by atoms with E-state index in [-0.39, 0.29) is 18.4 Å². The highest BCUT2D eigenvalue weighted by atomic mass is 16.5. The molecule has 0 radical (unpaired) electrons. The van der Waals surface area contributed by atoms with Crippen molar-refractivity contribution in [2.24, 2.45) is 5.73 Å². The van der Waals surface area contributed by atoms with E-state index in [2.05, 4.69) is 11.9 Å². The van der Waals surface area contributed by atoms with Crippen molar-refractivity contribution < 1.29 is 14.3 Å². The van der Waals surface area contributed by atoms with Crippen molar-refractivity contribution in [1.82, 2.24) is 5.32 Å². The molecule has 1 amide bonds. The van der Waals surface area contributed by atoms with Crippen LogP contribution in [0.5, 0.6) is 0 Å². The van der Waals surface area contributed by atoms with Crippen molar-refractivity contribution in [3.8, 4) is 0 Å². The summed E-state index contributed by atoms with van der Waals surface area (Å²) < 4.78 is 4.71. The molecule has 0 bridgehead atoms. The second-order valence-electron chi connectivity index (χ2n) is 3.53. The first-order valence-corrected chi connectivity index (χ1v) is 5.35. The molecule has 0 aliphatic heterocycles. The molecule has 0 spiro atoms. The fraction of sp³-hybridized carbons (Fsp3) is 0.636. The lowest BCUT2D eigenvalue weighted by atomic mass is 10.1. The molecule has 16 heavy (non-hydrogen) atoms. The average molecular weight is 228 g/mol. The monoisotopic (exact) mass is 228 g/mol. The van der Waals surface area contributed by atoms with Crippen LogP contribution < -0.4 is 11.1 Å². The lowest BCUT2D eigenvalue weighted by Crippen LogP contribution is -2.29. The van der Waals surface area contributed by atoms with Gasteiger partial charge in [0.05, 0.1) is 6.04 Å². The van der Waals surface area contributed by atoms with E-state index in [0.29, 0.717) is 13.0 Å². The van der Waals surface area contributed by atoms with Crippen LogP contribution in [0.3, 0.4) is 0 Å². The molecule has 5 heteroatoms. The van der Waals surface area contributed by atoms with E-state index in [0.717, 1.165) is 12.8 Å². The minimum absolute atomic E-state index is 0.00153. The number of rotatable bonds is 8. The number of Topliss-reactive ketones (excluding diaryl/α,β-unsaturated/α-hetero) is 1. The zero-order valence-electron chi connectivity index (χ0n) is 9.70. The molecule has 0 aromatic carbocycles. The van der Waals surface area contributed by atoms with E-state index in [1.807, 2.05) is 0 Å². The van der Waals surface area contributed by atoms with Crippen LogP contribution in [0.25, 0.3) is 0 Å². The van der Waals surface area contributed by atoms with Crippen molar-refractivity contribution in [2.45, 2.75) is 32.2 Å². The zero-order chi connectivity index (χ0) is 12.4. The number of alkyl carbamates (subject to hydrolysis) is 1. The summed E-state index contributed by atoms with van der Waals surface area (Å²) in [5, 5.41) is 2.59. The highest BCUT2D eigenvalue weighted by molar-refractivity contribution is 5.81. The van der Waals surface area contributed by atoms with Crippen LogP contribution in [0.1, 0.15) is 26.2 Å². The van der Waals surface area contributed by atoms with Crippen molar-refractivity contribution >= 4 is 11.9 Å².